The number of amides is 1. The number of benzene rings is 1. The van der Waals surface area contributed by atoms with Gasteiger partial charge in [-0.25, -0.2) is 4.79 Å². The van der Waals surface area contributed by atoms with Gasteiger partial charge in [-0.05, 0) is 19.1 Å². The number of aliphatic carboxylic acids is 1. The third kappa shape index (κ3) is 5.39. The monoisotopic (exact) mass is 267 g/mol. The van der Waals surface area contributed by atoms with Crippen molar-refractivity contribution in [1.29, 1.82) is 0 Å². The van der Waals surface area contributed by atoms with Crippen LogP contribution in [0.1, 0.15) is 13.3 Å². The van der Waals surface area contributed by atoms with E-state index in [-0.39, 0.29) is 18.9 Å². The summed E-state index contributed by atoms with van der Waals surface area (Å²) in [6, 6.07) is 8.90. The standard InChI is InChI=1S/C13H17NO5/c1-9(19-10-5-3-2-4-6-10)12(16)14-8-7-11(15)13(17)18/h2-6,9,11,15H,7-8H2,1H3,(H,14,16)(H,17,18). The summed E-state index contributed by atoms with van der Waals surface area (Å²) in [5.41, 5.74) is 0. The molecule has 6 nitrogen and oxygen atoms in total. The SMILES string of the molecule is CC(Oc1ccccc1)C(=O)NCCC(O)C(=O)O. The lowest BCUT2D eigenvalue weighted by atomic mass is 10.2. The number of aliphatic hydroxyl groups is 1. The number of rotatable bonds is 7. The molecule has 0 saturated heterocycles. The summed E-state index contributed by atoms with van der Waals surface area (Å²) >= 11 is 0. The van der Waals surface area contributed by atoms with Crippen LogP contribution in [0.3, 0.4) is 0 Å². The number of hydrogen-bond donors (Lipinski definition) is 3. The van der Waals surface area contributed by atoms with Crippen molar-refractivity contribution in [3.63, 3.8) is 0 Å². The van der Waals surface area contributed by atoms with E-state index in [4.69, 9.17) is 14.9 Å². The summed E-state index contributed by atoms with van der Waals surface area (Å²) in [6.07, 6.45) is -2.20. The smallest absolute Gasteiger partial charge is 0.332 e. The predicted molar refractivity (Wildman–Crippen MR) is 67.8 cm³/mol. The second kappa shape index (κ2) is 7.38. The van der Waals surface area contributed by atoms with Crippen molar-refractivity contribution in [2.45, 2.75) is 25.6 Å². The Hall–Kier alpha value is -2.08. The van der Waals surface area contributed by atoms with E-state index in [1.807, 2.05) is 6.07 Å². The predicted octanol–water partition coefficient (Wildman–Crippen LogP) is 0.406. The molecule has 0 radical (unpaired) electrons. The molecule has 1 aromatic rings. The fourth-order valence-corrected chi connectivity index (χ4v) is 1.36. The molecule has 0 aliphatic rings. The minimum atomic E-state index is -1.47. The highest BCUT2D eigenvalue weighted by Gasteiger charge is 2.16. The first kappa shape index (κ1) is 15.0. The van der Waals surface area contributed by atoms with E-state index in [2.05, 4.69) is 5.32 Å². The van der Waals surface area contributed by atoms with Crippen LogP contribution in [0.4, 0.5) is 0 Å². The molecule has 0 heterocycles. The number of para-hydroxylation sites is 1. The Balaban J connectivity index is 2.31. The second-order valence-electron chi connectivity index (χ2n) is 4.01. The first-order valence-electron chi connectivity index (χ1n) is 5.91. The van der Waals surface area contributed by atoms with E-state index in [0.717, 1.165) is 0 Å². The lowest BCUT2D eigenvalue weighted by molar-refractivity contribution is -0.147. The number of ether oxygens (including phenoxy) is 1. The molecule has 104 valence electrons. The average Bonchev–Trinajstić information content (AvgIpc) is 2.39. The highest BCUT2D eigenvalue weighted by Crippen LogP contribution is 2.10. The summed E-state index contributed by atoms with van der Waals surface area (Å²) in [5.74, 6) is -1.08. The van der Waals surface area contributed by atoms with E-state index in [1.54, 1.807) is 31.2 Å². The fourth-order valence-electron chi connectivity index (χ4n) is 1.36. The maximum absolute atomic E-state index is 11.6. The van der Waals surface area contributed by atoms with Crippen molar-refractivity contribution >= 4 is 11.9 Å². The van der Waals surface area contributed by atoms with Gasteiger partial charge in [0.2, 0.25) is 0 Å². The molecule has 6 heteroatoms. The molecular weight excluding hydrogens is 250 g/mol. The molecule has 0 fully saturated rings. The van der Waals surface area contributed by atoms with Crippen LogP contribution >= 0.6 is 0 Å². The Labute approximate surface area is 111 Å². The van der Waals surface area contributed by atoms with Gasteiger partial charge in [0.15, 0.2) is 12.2 Å². The summed E-state index contributed by atoms with van der Waals surface area (Å²) in [7, 11) is 0. The minimum Gasteiger partial charge on any atom is -0.481 e. The number of aliphatic hydroxyl groups excluding tert-OH is 1. The Morgan fingerprint density at radius 3 is 2.53 bits per heavy atom. The van der Waals surface area contributed by atoms with Crippen molar-refractivity contribution in [1.82, 2.24) is 5.32 Å². The van der Waals surface area contributed by atoms with Gasteiger partial charge in [-0.2, -0.15) is 0 Å². The van der Waals surface area contributed by atoms with Crippen LogP contribution in [0.2, 0.25) is 0 Å². The van der Waals surface area contributed by atoms with Gasteiger partial charge in [-0.15, -0.1) is 0 Å². The minimum absolute atomic E-state index is 0.0425. The van der Waals surface area contributed by atoms with Crippen molar-refractivity contribution in [3.05, 3.63) is 30.3 Å². The average molecular weight is 267 g/mol. The van der Waals surface area contributed by atoms with Crippen LogP contribution in [0.15, 0.2) is 30.3 Å². The molecule has 1 rings (SSSR count). The third-order valence-electron chi connectivity index (χ3n) is 2.43. The lowest BCUT2D eigenvalue weighted by Gasteiger charge is -2.15. The summed E-state index contributed by atoms with van der Waals surface area (Å²) in [6.45, 7) is 1.67. The van der Waals surface area contributed by atoms with E-state index < -0.39 is 18.2 Å². The van der Waals surface area contributed by atoms with Gasteiger partial charge in [0, 0.05) is 13.0 Å². The fraction of sp³-hybridized carbons (Fsp3) is 0.385. The van der Waals surface area contributed by atoms with Gasteiger partial charge in [0.25, 0.3) is 5.91 Å². The molecule has 19 heavy (non-hydrogen) atoms. The number of carbonyl (C=O) groups is 2. The Bertz CT molecular complexity index is 420. The summed E-state index contributed by atoms with van der Waals surface area (Å²) in [5, 5.41) is 20.0. The number of nitrogens with one attached hydrogen (secondary N) is 1. The molecule has 0 aromatic heterocycles. The molecule has 1 aromatic carbocycles. The topological polar surface area (TPSA) is 95.9 Å². The number of hydrogen-bond acceptors (Lipinski definition) is 4. The zero-order chi connectivity index (χ0) is 14.3. The van der Waals surface area contributed by atoms with Gasteiger partial charge in [0.05, 0.1) is 0 Å². The van der Waals surface area contributed by atoms with E-state index >= 15 is 0 Å². The zero-order valence-electron chi connectivity index (χ0n) is 10.6. The number of carboxylic acid groups (broad SMARTS) is 1. The third-order valence-corrected chi connectivity index (χ3v) is 2.43. The van der Waals surface area contributed by atoms with Gasteiger partial charge < -0.3 is 20.3 Å². The van der Waals surface area contributed by atoms with Crippen LogP contribution in [0.25, 0.3) is 0 Å². The molecular formula is C13H17NO5. The maximum Gasteiger partial charge on any atom is 0.332 e. The Morgan fingerprint density at radius 2 is 1.95 bits per heavy atom. The van der Waals surface area contributed by atoms with Crippen molar-refractivity contribution in [2.75, 3.05) is 6.54 Å². The Kier molecular flexibility index (Phi) is 5.81. The summed E-state index contributed by atoms with van der Waals surface area (Å²) < 4.78 is 5.39. The first-order valence-corrected chi connectivity index (χ1v) is 5.91. The number of carbonyl (C=O) groups excluding carboxylic acids is 1. The largest absolute Gasteiger partial charge is 0.481 e. The van der Waals surface area contributed by atoms with Crippen molar-refractivity contribution in [3.8, 4) is 5.75 Å². The van der Waals surface area contributed by atoms with Crippen molar-refractivity contribution in [2.24, 2.45) is 0 Å². The van der Waals surface area contributed by atoms with Crippen LogP contribution in [-0.4, -0.2) is 40.8 Å². The summed E-state index contributed by atoms with van der Waals surface area (Å²) in [4.78, 5) is 22.0. The molecule has 0 saturated carbocycles. The maximum atomic E-state index is 11.6. The Morgan fingerprint density at radius 1 is 1.32 bits per heavy atom. The van der Waals surface area contributed by atoms with Gasteiger partial charge in [-0.3, -0.25) is 4.79 Å². The van der Waals surface area contributed by atoms with Crippen molar-refractivity contribution < 1.29 is 24.5 Å². The van der Waals surface area contributed by atoms with E-state index in [9.17, 15) is 9.59 Å². The van der Waals surface area contributed by atoms with Crippen LogP contribution in [0.5, 0.6) is 5.75 Å². The van der Waals surface area contributed by atoms with Crippen LogP contribution < -0.4 is 10.1 Å². The molecule has 0 aliphatic heterocycles. The molecule has 0 aliphatic carbocycles. The quantitative estimate of drug-likeness (QED) is 0.665. The zero-order valence-corrected chi connectivity index (χ0v) is 10.6. The van der Waals surface area contributed by atoms with E-state index in [0.29, 0.717) is 5.75 Å². The molecule has 3 N–H and O–H groups in total. The lowest BCUT2D eigenvalue weighted by Crippen LogP contribution is -2.38. The highest BCUT2D eigenvalue weighted by molar-refractivity contribution is 5.80. The first-order chi connectivity index (χ1) is 9.00. The van der Waals surface area contributed by atoms with Gasteiger partial charge >= 0.3 is 5.97 Å². The highest BCUT2D eigenvalue weighted by atomic mass is 16.5. The van der Waals surface area contributed by atoms with E-state index in [1.165, 1.54) is 0 Å². The van der Waals surface area contributed by atoms with Crippen LogP contribution in [0, 0.1) is 0 Å². The molecule has 0 spiro atoms. The molecule has 1 amide bonds. The van der Waals surface area contributed by atoms with Crippen LogP contribution in [-0.2, 0) is 9.59 Å². The normalized spacial score (nSPS) is 13.4. The second-order valence-corrected chi connectivity index (χ2v) is 4.01. The molecule has 2 atom stereocenters. The molecule has 2 unspecified atom stereocenters. The van der Waals surface area contributed by atoms with Gasteiger partial charge in [0.1, 0.15) is 5.75 Å². The van der Waals surface area contributed by atoms with Gasteiger partial charge in [-0.1, -0.05) is 18.2 Å². The molecule has 0 bridgehead atoms. The number of carboxylic acids is 1.